The molecule has 1 aliphatic heterocycles. The van der Waals surface area contributed by atoms with Crippen molar-refractivity contribution in [3.05, 3.63) is 57.3 Å². The third-order valence-electron chi connectivity index (χ3n) is 4.30. The fourth-order valence-corrected chi connectivity index (χ4v) is 3.77. The van der Waals surface area contributed by atoms with Gasteiger partial charge in [0.15, 0.2) is 0 Å². The number of fused-ring (bicyclic) bond motifs is 1. The Hall–Kier alpha value is -2.44. The molecule has 0 saturated carbocycles. The van der Waals surface area contributed by atoms with Gasteiger partial charge in [0.2, 0.25) is 0 Å². The fourth-order valence-electron chi connectivity index (χ4n) is 2.98. The van der Waals surface area contributed by atoms with Crippen molar-refractivity contribution in [2.24, 2.45) is 16.5 Å². The van der Waals surface area contributed by atoms with Crippen LogP contribution in [0, 0.1) is 0 Å². The molecule has 2 heterocycles. The van der Waals surface area contributed by atoms with Crippen LogP contribution >= 0.6 is 11.3 Å². The molecule has 1 aromatic heterocycles. The van der Waals surface area contributed by atoms with Crippen molar-refractivity contribution in [2.75, 3.05) is 6.54 Å². The summed E-state index contributed by atoms with van der Waals surface area (Å²) in [4.78, 5) is 20.5. The van der Waals surface area contributed by atoms with Gasteiger partial charge in [-0.05, 0) is 35.1 Å². The summed E-state index contributed by atoms with van der Waals surface area (Å²) in [5.41, 5.74) is 15.4. The predicted molar refractivity (Wildman–Crippen MR) is 108 cm³/mol. The van der Waals surface area contributed by atoms with E-state index in [0.717, 1.165) is 28.1 Å². The number of hydrogen-bond acceptors (Lipinski definition) is 5. The van der Waals surface area contributed by atoms with Crippen molar-refractivity contribution < 1.29 is 4.79 Å². The number of nitrogens with two attached hydrogens (primary N) is 2. The molecule has 26 heavy (non-hydrogen) atoms. The first-order valence-electron chi connectivity index (χ1n) is 8.79. The quantitative estimate of drug-likeness (QED) is 0.819. The number of carbonyl (C=O) groups excluding carboxylic acids is 1. The number of hydrogen-bond donors (Lipinski definition) is 2. The predicted octanol–water partition coefficient (Wildman–Crippen LogP) is 3.42. The minimum Gasteiger partial charge on any atom is -0.387 e. The van der Waals surface area contributed by atoms with Gasteiger partial charge in [-0.2, -0.15) is 0 Å². The molecule has 0 unspecified atom stereocenters. The van der Waals surface area contributed by atoms with E-state index in [9.17, 15) is 4.79 Å². The molecule has 3 rings (SSSR count). The van der Waals surface area contributed by atoms with E-state index in [2.05, 4.69) is 11.9 Å². The van der Waals surface area contributed by atoms with Crippen molar-refractivity contribution in [3.8, 4) is 0 Å². The van der Waals surface area contributed by atoms with Crippen LogP contribution in [0.25, 0.3) is 6.08 Å². The SMILES string of the molecule is CCCN(Cc1ccc(CN)cc1)C(=O)C1=Cc2sccc2N=C(N)C1. The zero-order valence-corrected chi connectivity index (χ0v) is 15.8. The Morgan fingerprint density at radius 2 is 1.96 bits per heavy atom. The Bertz CT molecular complexity index is 836. The maximum absolute atomic E-state index is 13.2. The largest absolute Gasteiger partial charge is 0.387 e. The molecule has 0 saturated heterocycles. The van der Waals surface area contributed by atoms with Crippen molar-refractivity contribution >= 4 is 34.8 Å². The number of amides is 1. The van der Waals surface area contributed by atoms with Crippen LogP contribution in [-0.2, 0) is 17.9 Å². The van der Waals surface area contributed by atoms with Gasteiger partial charge < -0.3 is 16.4 Å². The zero-order chi connectivity index (χ0) is 18.5. The van der Waals surface area contributed by atoms with E-state index in [1.54, 1.807) is 11.3 Å². The molecule has 2 aromatic rings. The lowest BCUT2D eigenvalue weighted by atomic mass is 10.1. The molecule has 136 valence electrons. The second-order valence-electron chi connectivity index (χ2n) is 6.37. The van der Waals surface area contributed by atoms with E-state index >= 15 is 0 Å². The summed E-state index contributed by atoms with van der Waals surface area (Å²) in [5.74, 6) is 0.500. The molecule has 0 bridgehead atoms. The highest BCUT2D eigenvalue weighted by Crippen LogP contribution is 2.31. The number of carbonyl (C=O) groups is 1. The Morgan fingerprint density at radius 3 is 2.65 bits per heavy atom. The Kier molecular flexibility index (Phi) is 5.85. The highest BCUT2D eigenvalue weighted by atomic mass is 32.1. The van der Waals surface area contributed by atoms with Crippen molar-refractivity contribution in [1.82, 2.24) is 4.90 Å². The van der Waals surface area contributed by atoms with Crippen LogP contribution in [0.4, 0.5) is 5.69 Å². The van der Waals surface area contributed by atoms with Gasteiger partial charge in [0.05, 0.1) is 10.6 Å². The van der Waals surface area contributed by atoms with E-state index in [0.29, 0.717) is 37.5 Å². The van der Waals surface area contributed by atoms with Crippen molar-refractivity contribution in [2.45, 2.75) is 32.9 Å². The molecule has 5 nitrogen and oxygen atoms in total. The van der Waals surface area contributed by atoms with E-state index in [4.69, 9.17) is 11.5 Å². The van der Waals surface area contributed by atoms with Gasteiger partial charge in [-0.1, -0.05) is 31.2 Å². The minimum absolute atomic E-state index is 0.0224. The summed E-state index contributed by atoms with van der Waals surface area (Å²) >= 11 is 1.57. The number of benzene rings is 1. The lowest BCUT2D eigenvalue weighted by Crippen LogP contribution is -2.33. The maximum atomic E-state index is 13.2. The van der Waals surface area contributed by atoms with Crippen LogP contribution < -0.4 is 11.5 Å². The average molecular weight is 369 g/mol. The Morgan fingerprint density at radius 1 is 1.23 bits per heavy atom. The standard InChI is InChI=1S/C20H24N4OS/c1-2-8-24(13-15-5-3-14(12-21)4-6-15)20(25)16-10-18-17(7-9-26-18)23-19(22)11-16/h3-7,9-10H,2,8,11-13,21H2,1H3,(H2,22,23). The third-order valence-corrected chi connectivity index (χ3v) is 5.15. The van der Waals surface area contributed by atoms with Crippen molar-refractivity contribution in [1.29, 1.82) is 0 Å². The van der Waals surface area contributed by atoms with Gasteiger partial charge in [0.1, 0.15) is 5.84 Å². The number of nitrogens with zero attached hydrogens (tertiary/aromatic N) is 2. The van der Waals surface area contributed by atoms with Crippen LogP contribution in [0.3, 0.4) is 0 Å². The minimum atomic E-state index is 0.0224. The molecule has 4 N–H and O–H groups in total. The highest BCUT2D eigenvalue weighted by Gasteiger charge is 2.21. The van der Waals surface area contributed by atoms with E-state index in [1.807, 2.05) is 46.7 Å². The second-order valence-corrected chi connectivity index (χ2v) is 7.31. The first-order chi connectivity index (χ1) is 12.6. The summed E-state index contributed by atoms with van der Waals surface area (Å²) in [7, 11) is 0. The Balaban J connectivity index is 1.83. The monoisotopic (exact) mass is 368 g/mol. The van der Waals surface area contributed by atoms with Crippen LogP contribution in [0.15, 0.2) is 46.3 Å². The Labute approximate surface area is 158 Å². The molecule has 0 aliphatic carbocycles. The normalized spacial score (nSPS) is 13.5. The van der Waals surface area contributed by atoms with Gasteiger partial charge in [0.25, 0.3) is 5.91 Å². The summed E-state index contributed by atoms with van der Waals surface area (Å²) in [6.07, 6.45) is 3.21. The number of amidine groups is 1. The lowest BCUT2D eigenvalue weighted by Gasteiger charge is -2.23. The topological polar surface area (TPSA) is 84.7 Å². The number of thiophene rings is 1. The van der Waals surface area contributed by atoms with Gasteiger partial charge in [0, 0.05) is 31.6 Å². The van der Waals surface area contributed by atoms with Gasteiger partial charge in [-0.3, -0.25) is 4.79 Å². The average Bonchev–Trinajstić information content (AvgIpc) is 3.00. The van der Waals surface area contributed by atoms with E-state index in [1.165, 1.54) is 0 Å². The summed E-state index contributed by atoms with van der Waals surface area (Å²) in [6.45, 7) is 3.87. The molecular formula is C20H24N4OS. The molecule has 1 aromatic carbocycles. The summed E-state index contributed by atoms with van der Waals surface area (Å²) in [6, 6.07) is 10.0. The molecule has 1 aliphatic rings. The first kappa shape index (κ1) is 18.4. The fraction of sp³-hybridized carbons (Fsp3) is 0.300. The van der Waals surface area contributed by atoms with Crippen LogP contribution in [0.2, 0.25) is 0 Å². The molecule has 0 spiro atoms. The number of aliphatic imine (C=N–C) groups is 1. The maximum Gasteiger partial charge on any atom is 0.250 e. The van der Waals surface area contributed by atoms with Crippen LogP contribution in [0.5, 0.6) is 0 Å². The second kappa shape index (κ2) is 8.29. The zero-order valence-electron chi connectivity index (χ0n) is 14.9. The molecule has 6 heteroatoms. The molecule has 0 atom stereocenters. The van der Waals surface area contributed by atoms with Crippen LogP contribution in [-0.4, -0.2) is 23.2 Å². The van der Waals surface area contributed by atoms with Gasteiger partial charge in [-0.25, -0.2) is 4.99 Å². The molecule has 0 radical (unpaired) electrons. The third kappa shape index (κ3) is 4.20. The van der Waals surface area contributed by atoms with Gasteiger partial charge in [-0.15, -0.1) is 11.3 Å². The summed E-state index contributed by atoms with van der Waals surface area (Å²) in [5, 5.41) is 1.97. The highest BCUT2D eigenvalue weighted by molar-refractivity contribution is 7.11. The number of rotatable bonds is 6. The van der Waals surface area contributed by atoms with Crippen LogP contribution in [0.1, 0.15) is 35.8 Å². The van der Waals surface area contributed by atoms with Gasteiger partial charge >= 0.3 is 0 Å². The first-order valence-corrected chi connectivity index (χ1v) is 9.67. The molecule has 0 fully saturated rings. The lowest BCUT2D eigenvalue weighted by molar-refractivity contribution is -0.127. The molecule has 1 amide bonds. The van der Waals surface area contributed by atoms with E-state index in [-0.39, 0.29) is 5.91 Å². The summed E-state index contributed by atoms with van der Waals surface area (Å²) < 4.78 is 0. The smallest absolute Gasteiger partial charge is 0.250 e. The molecular weight excluding hydrogens is 344 g/mol. The van der Waals surface area contributed by atoms with E-state index < -0.39 is 0 Å². The van der Waals surface area contributed by atoms with Crippen molar-refractivity contribution in [3.63, 3.8) is 0 Å².